The van der Waals surface area contributed by atoms with Gasteiger partial charge in [-0.3, -0.25) is 19.3 Å². The lowest BCUT2D eigenvalue weighted by Gasteiger charge is -2.12. The molecular weight excluding hydrogens is 312 g/mol. The predicted molar refractivity (Wildman–Crippen MR) is 82.2 cm³/mol. The molecule has 1 aliphatic heterocycles. The second-order valence-corrected chi connectivity index (χ2v) is 5.34. The van der Waals surface area contributed by atoms with Crippen molar-refractivity contribution in [3.8, 4) is 11.4 Å². The maximum Gasteiger partial charge on any atom is 0.246 e. The first-order chi connectivity index (χ1) is 11.6. The lowest BCUT2D eigenvalue weighted by molar-refractivity contribution is -0.138. The van der Waals surface area contributed by atoms with Gasteiger partial charge in [-0.2, -0.15) is 4.98 Å². The number of imide groups is 1. The molecule has 1 aliphatic rings. The summed E-state index contributed by atoms with van der Waals surface area (Å²) < 4.78 is 5.09. The van der Waals surface area contributed by atoms with Crippen molar-refractivity contribution in [1.29, 1.82) is 0 Å². The number of nitrogens with one attached hydrogen (secondary N) is 1. The van der Waals surface area contributed by atoms with E-state index in [1.807, 2.05) is 30.3 Å². The SMILES string of the molecule is O=C(CCN1C(=O)CCC1=O)NCc1nc(-c2ccccc2)no1. The van der Waals surface area contributed by atoms with Gasteiger partial charge in [-0.15, -0.1) is 0 Å². The third-order valence-corrected chi connectivity index (χ3v) is 3.65. The van der Waals surface area contributed by atoms with Crippen LogP contribution in [0.25, 0.3) is 11.4 Å². The lowest BCUT2D eigenvalue weighted by Crippen LogP contribution is -2.34. The van der Waals surface area contributed by atoms with Crippen molar-refractivity contribution in [2.24, 2.45) is 0 Å². The van der Waals surface area contributed by atoms with Crippen molar-refractivity contribution in [2.45, 2.75) is 25.8 Å². The first-order valence-corrected chi connectivity index (χ1v) is 7.61. The molecule has 124 valence electrons. The number of aromatic nitrogens is 2. The Balaban J connectivity index is 1.47. The van der Waals surface area contributed by atoms with Crippen LogP contribution in [-0.4, -0.2) is 39.3 Å². The van der Waals surface area contributed by atoms with Crippen LogP contribution in [0.1, 0.15) is 25.2 Å². The van der Waals surface area contributed by atoms with Gasteiger partial charge in [0, 0.05) is 31.4 Å². The van der Waals surface area contributed by atoms with E-state index in [1.165, 1.54) is 0 Å². The molecule has 1 fully saturated rings. The Kier molecular flexibility index (Phi) is 4.64. The van der Waals surface area contributed by atoms with Crippen molar-refractivity contribution in [3.63, 3.8) is 0 Å². The second-order valence-electron chi connectivity index (χ2n) is 5.34. The van der Waals surface area contributed by atoms with Crippen molar-refractivity contribution in [1.82, 2.24) is 20.4 Å². The van der Waals surface area contributed by atoms with Crippen molar-refractivity contribution in [3.05, 3.63) is 36.2 Å². The highest BCUT2D eigenvalue weighted by Crippen LogP contribution is 2.14. The third-order valence-electron chi connectivity index (χ3n) is 3.65. The van der Waals surface area contributed by atoms with Crippen LogP contribution in [0.3, 0.4) is 0 Å². The van der Waals surface area contributed by atoms with Gasteiger partial charge in [-0.05, 0) is 0 Å². The number of hydrogen-bond acceptors (Lipinski definition) is 6. The number of carbonyl (C=O) groups excluding carboxylic acids is 3. The summed E-state index contributed by atoms with van der Waals surface area (Å²) in [4.78, 5) is 40.0. The molecule has 0 unspecified atom stereocenters. The summed E-state index contributed by atoms with van der Waals surface area (Å²) in [7, 11) is 0. The molecule has 0 spiro atoms. The minimum atomic E-state index is -0.290. The molecule has 8 nitrogen and oxygen atoms in total. The largest absolute Gasteiger partial charge is 0.347 e. The summed E-state index contributed by atoms with van der Waals surface area (Å²) in [6.07, 6.45) is 0.507. The van der Waals surface area contributed by atoms with E-state index >= 15 is 0 Å². The van der Waals surface area contributed by atoms with Gasteiger partial charge < -0.3 is 9.84 Å². The molecule has 0 saturated carbocycles. The van der Waals surface area contributed by atoms with Crippen molar-refractivity contribution >= 4 is 17.7 Å². The number of nitrogens with zero attached hydrogens (tertiary/aromatic N) is 3. The predicted octanol–water partition coefficient (Wildman–Crippen LogP) is 0.892. The van der Waals surface area contributed by atoms with Crippen LogP contribution in [0.15, 0.2) is 34.9 Å². The summed E-state index contributed by atoms with van der Waals surface area (Å²) in [5.74, 6) is 0.00000636. The van der Waals surface area contributed by atoms with Crippen LogP contribution in [-0.2, 0) is 20.9 Å². The Hall–Kier alpha value is -3.03. The Morgan fingerprint density at radius 3 is 2.58 bits per heavy atom. The maximum absolute atomic E-state index is 11.8. The minimum Gasteiger partial charge on any atom is -0.347 e. The zero-order valence-electron chi connectivity index (χ0n) is 12.9. The molecule has 24 heavy (non-hydrogen) atoms. The average molecular weight is 328 g/mol. The van der Waals surface area contributed by atoms with E-state index in [0.717, 1.165) is 10.5 Å². The summed E-state index contributed by atoms with van der Waals surface area (Å²) in [6.45, 7) is 0.198. The first-order valence-electron chi connectivity index (χ1n) is 7.61. The monoisotopic (exact) mass is 328 g/mol. The van der Waals surface area contributed by atoms with E-state index < -0.39 is 0 Å². The Labute approximate surface area is 137 Å². The highest BCUT2D eigenvalue weighted by molar-refractivity contribution is 6.02. The number of likely N-dealkylation sites (tertiary alicyclic amines) is 1. The lowest BCUT2D eigenvalue weighted by atomic mass is 10.2. The molecule has 8 heteroatoms. The Morgan fingerprint density at radius 2 is 1.88 bits per heavy atom. The molecule has 2 aromatic rings. The zero-order valence-corrected chi connectivity index (χ0v) is 12.9. The summed E-state index contributed by atoms with van der Waals surface area (Å²) >= 11 is 0. The summed E-state index contributed by atoms with van der Waals surface area (Å²) in [5, 5.41) is 6.49. The van der Waals surface area contributed by atoms with Gasteiger partial charge in [-0.1, -0.05) is 35.5 Å². The van der Waals surface area contributed by atoms with E-state index in [4.69, 9.17) is 4.52 Å². The maximum atomic E-state index is 11.8. The third kappa shape index (κ3) is 3.65. The van der Waals surface area contributed by atoms with Crippen molar-refractivity contribution < 1.29 is 18.9 Å². The number of hydrogen-bond donors (Lipinski definition) is 1. The van der Waals surface area contributed by atoms with E-state index in [0.29, 0.717) is 5.82 Å². The molecule has 0 aliphatic carbocycles. The van der Waals surface area contributed by atoms with E-state index in [-0.39, 0.29) is 56.0 Å². The Morgan fingerprint density at radius 1 is 1.17 bits per heavy atom. The fourth-order valence-electron chi connectivity index (χ4n) is 2.38. The van der Waals surface area contributed by atoms with E-state index in [1.54, 1.807) is 0 Å². The van der Waals surface area contributed by atoms with Crippen LogP contribution >= 0.6 is 0 Å². The van der Waals surface area contributed by atoms with Gasteiger partial charge in [-0.25, -0.2) is 0 Å². The molecule has 1 N–H and O–H groups in total. The molecule has 3 rings (SSSR count). The number of carbonyl (C=O) groups is 3. The highest BCUT2D eigenvalue weighted by Gasteiger charge is 2.28. The molecule has 1 aromatic carbocycles. The topological polar surface area (TPSA) is 105 Å². The smallest absolute Gasteiger partial charge is 0.246 e. The molecule has 1 aromatic heterocycles. The Bertz CT molecular complexity index is 740. The molecule has 0 radical (unpaired) electrons. The fraction of sp³-hybridized carbons (Fsp3) is 0.312. The molecule has 0 bridgehead atoms. The van der Waals surface area contributed by atoms with Gasteiger partial charge in [0.2, 0.25) is 29.4 Å². The molecule has 1 saturated heterocycles. The van der Waals surface area contributed by atoms with Crippen molar-refractivity contribution in [2.75, 3.05) is 6.54 Å². The van der Waals surface area contributed by atoms with E-state index in [2.05, 4.69) is 15.5 Å². The minimum absolute atomic E-state index is 0.0527. The van der Waals surface area contributed by atoms with Crippen LogP contribution in [0.4, 0.5) is 0 Å². The van der Waals surface area contributed by atoms with Crippen LogP contribution in [0.5, 0.6) is 0 Å². The highest BCUT2D eigenvalue weighted by atomic mass is 16.5. The van der Waals surface area contributed by atoms with Gasteiger partial charge in [0.05, 0.1) is 6.54 Å². The molecule has 2 heterocycles. The normalized spacial score (nSPS) is 14.2. The molecular formula is C16H16N4O4. The van der Waals surface area contributed by atoms with Gasteiger partial charge in [0.15, 0.2) is 0 Å². The van der Waals surface area contributed by atoms with Gasteiger partial charge in [0.1, 0.15) is 0 Å². The van der Waals surface area contributed by atoms with Crippen LogP contribution in [0, 0.1) is 0 Å². The quantitative estimate of drug-likeness (QED) is 0.790. The summed E-state index contributed by atoms with van der Waals surface area (Å²) in [5.41, 5.74) is 0.824. The van der Waals surface area contributed by atoms with Gasteiger partial charge >= 0.3 is 0 Å². The second kappa shape index (κ2) is 7.03. The van der Waals surface area contributed by atoms with Crippen LogP contribution in [0.2, 0.25) is 0 Å². The molecule has 0 atom stereocenters. The number of rotatable bonds is 6. The van der Waals surface area contributed by atoms with Gasteiger partial charge in [0.25, 0.3) is 0 Å². The summed E-state index contributed by atoms with van der Waals surface area (Å²) in [6, 6.07) is 9.34. The standard InChI is InChI=1S/C16H16N4O4/c21-12(8-9-20-14(22)6-7-15(20)23)17-10-13-18-16(19-24-13)11-4-2-1-3-5-11/h1-5H,6-10H2,(H,17,21). The number of amides is 3. The fourth-order valence-corrected chi connectivity index (χ4v) is 2.38. The number of benzene rings is 1. The first kappa shape index (κ1) is 15.9. The zero-order chi connectivity index (χ0) is 16.9. The van der Waals surface area contributed by atoms with Crippen LogP contribution < -0.4 is 5.32 Å². The average Bonchev–Trinajstić information content (AvgIpc) is 3.19. The molecule has 3 amide bonds. The van der Waals surface area contributed by atoms with E-state index in [9.17, 15) is 14.4 Å².